The molecule has 1 amide bonds. The monoisotopic (exact) mass is 378 g/mol. The minimum atomic E-state index is -0.0524. The molecule has 0 spiro atoms. The fourth-order valence-corrected chi connectivity index (χ4v) is 3.66. The van der Waals surface area contributed by atoms with Gasteiger partial charge in [0.1, 0.15) is 11.5 Å². The van der Waals surface area contributed by atoms with Crippen molar-refractivity contribution in [3.8, 4) is 11.5 Å². The highest BCUT2D eigenvalue weighted by atomic mass is 16.5. The van der Waals surface area contributed by atoms with Crippen LogP contribution in [-0.2, 0) is 4.79 Å². The van der Waals surface area contributed by atoms with Crippen LogP contribution in [0.25, 0.3) is 0 Å². The number of hydrogen-bond donors (Lipinski definition) is 1. The largest absolute Gasteiger partial charge is 0.457 e. The predicted octanol–water partition coefficient (Wildman–Crippen LogP) is 3.65. The van der Waals surface area contributed by atoms with Crippen molar-refractivity contribution in [1.29, 1.82) is 0 Å². The normalized spacial score (nSPS) is 19.8. The second-order valence-electron chi connectivity index (χ2n) is 7.72. The lowest BCUT2D eigenvalue weighted by molar-refractivity contribution is -0.122. The predicted molar refractivity (Wildman–Crippen MR) is 108 cm³/mol. The molecule has 146 valence electrons. The zero-order valence-corrected chi connectivity index (χ0v) is 16.0. The summed E-state index contributed by atoms with van der Waals surface area (Å²) < 4.78 is 5.79. The summed E-state index contributed by atoms with van der Waals surface area (Å²) in [6, 6.07) is 17.3. The van der Waals surface area contributed by atoms with E-state index in [4.69, 9.17) is 4.74 Å². The molecule has 5 nitrogen and oxygen atoms in total. The van der Waals surface area contributed by atoms with Gasteiger partial charge >= 0.3 is 0 Å². The molecule has 2 aromatic rings. The van der Waals surface area contributed by atoms with Gasteiger partial charge in [-0.3, -0.25) is 14.5 Å². The van der Waals surface area contributed by atoms with Crippen LogP contribution in [0, 0.1) is 5.92 Å². The van der Waals surface area contributed by atoms with Crippen molar-refractivity contribution in [1.82, 2.24) is 10.2 Å². The van der Waals surface area contributed by atoms with Gasteiger partial charge in [-0.15, -0.1) is 0 Å². The first-order valence-electron chi connectivity index (χ1n) is 10.1. The number of ether oxygens (including phenoxy) is 1. The van der Waals surface area contributed by atoms with Crippen LogP contribution in [0.5, 0.6) is 11.5 Å². The summed E-state index contributed by atoms with van der Waals surface area (Å²) in [5.41, 5.74) is 0.703. The molecular weight excluding hydrogens is 352 g/mol. The maximum atomic E-state index is 12.9. The lowest BCUT2D eigenvalue weighted by Crippen LogP contribution is -2.44. The molecule has 1 aliphatic heterocycles. The van der Waals surface area contributed by atoms with E-state index >= 15 is 0 Å². The highest BCUT2D eigenvalue weighted by Crippen LogP contribution is 2.25. The van der Waals surface area contributed by atoms with E-state index in [1.54, 1.807) is 0 Å². The summed E-state index contributed by atoms with van der Waals surface area (Å²) in [6.45, 7) is 1.93. The topological polar surface area (TPSA) is 58.6 Å². The van der Waals surface area contributed by atoms with E-state index in [2.05, 4.69) is 10.2 Å². The van der Waals surface area contributed by atoms with E-state index in [1.165, 1.54) is 0 Å². The standard InChI is InChI=1S/C23H26N2O3/c26-22(24-19-10-11-19)16-25-14-4-5-18(15-25)23(27)17-8-12-21(13-9-17)28-20-6-2-1-3-7-20/h1-3,6-9,12-13,18-19H,4-5,10-11,14-16H2,(H,24,26)/t18-/m0/s1. The van der Waals surface area contributed by atoms with E-state index in [0.717, 1.165) is 38.0 Å². The number of likely N-dealkylation sites (tertiary alicyclic amines) is 1. The van der Waals surface area contributed by atoms with Gasteiger partial charge in [0.05, 0.1) is 6.54 Å². The summed E-state index contributed by atoms with van der Waals surface area (Å²) in [5.74, 6) is 1.67. The second-order valence-corrected chi connectivity index (χ2v) is 7.72. The van der Waals surface area contributed by atoms with Crippen molar-refractivity contribution in [2.45, 2.75) is 31.7 Å². The number of ketones is 1. The van der Waals surface area contributed by atoms with E-state index in [-0.39, 0.29) is 17.6 Å². The molecule has 2 aliphatic rings. The lowest BCUT2D eigenvalue weighted by atomic mass is 9.90. The van der Waals surface area contributed by atoms with Crippen LogP contribution in [0.15, 0.2) is 54.6 Å². The molecular formula is C23H26N2O3. The Morgan fingerprint density at radius 3 is 2.39 bits per heavy atom. The highest BCUT2D eigenvalue weighted by Gasteiger charge is 2.29. The minimum absolute atomic E-state index is 0.0524. The minimum Gasteiger partial charge on any atom is -0.457 e. The van der Waals surface area contributed by atoms with E-state index in [1.807, 2.05) is 54.6 Å². The number of rotatable bonds is 7. The van der Waals surface area contributed by atoms with Gasteiger partial charge < -0.3 is 10.1 Å². The maximum absolute atomic E-state index is 12.9. The van der Waals surface area contributed by atoms with Gasteiger partial charge in [-0.2, -0.15) is 0 Å². The molecule has 5 heteroatoms. The van der Waals surface area contributed by atoms with Gasteiger partial charge in [0.2, 0.25) is 5.91 Å². The third kappa shape index (κ3) is 4.98. The molecule has 1 heterocycles. The number of carbonyl (C=O) groups excluding carboxylic acids is 2. The summed E-state index contributed by atoms with van der Waals surface area (Å²) in [4.78, 5) is 27.1. The molecule has 4 rings (SSSR count). The number of para-hydroxylation sites is 1. The second kappa shape index (κ2) is 8.57. The molecule has 1 N–H and O–H groups in total. The molecule has 0 radical (unpaired) electrons. The molecule has 0 unspecified atom stereocenters. The third-order valence-corrected chi connectivity index (χ3v) is 5.30. The Balaban J connectivity index is 1.33. The molecule has 1 saturated heterocycles. The van der Waals surface area contributed by atoms with E-state index < -0.39 is 0 Å². The quantitative estimate of drug-likeness (QED) is 0.747. The average Bonchev–Trinajstić information content (AvgIpc) is 3.53. The van der Waals surface area contributed by atoms with Crippen LogP contribution < -0.4 is 10.1 Å². The zero-order valence-electron chi connectivity index (χ0n) is 16.0. The van der Waals surface area contributed by atoms with E-state index in [9.17, 15) is 9.59 Å². The van der Waals surface area contributed by atoms with Gasteiger partial charge in [0, 0.05) is 24.1 Å². The molecule has 1 atom stereocenters. The molecule has 2 fully saturated rings. The van der Waals surface area contributed by atoms with Gasteiger partial charge in [-0.25, -0.2) is 0 Å². The maximum Gasteiger partial charge on any atom is 0.234 e. The van der Waals surface area contributed by atoms with Crippen molar-refractivity contribution >= 4 is 11.7 Å². The number of nitrogens with zero attached hydrogens (tertiary/aromatic N) is 1. The first-order valence-corrected chi connectivity index (χ1v) is 10.1. The van der Waals surface area contributed by atoms with Gasteiger partial charge in [-0.05, 0) is 68.6 Å². The van der Waals surface area contributed by atoms with E-state index in [0.29, 0.717) is 30.4 Å². The molecule has 2 aromatic carbocycles. The Bertz CT molecular complexity index is 816. The molecule has 0 aromatic heterocycles. The Labute approximate surface area is 165 Å². The number of Topliss-reactive ketones (excluding diaryl/α,β-unsaturated/α-hetero) is 1. The third-order valence-electron chi connectivity index (χ3n) is 5.30. The van der Waals surface area contributed by atoms with Crippen molar-refractivity contribution in [3.05, 3.63) is 60.2 Å². The fourth-order valence-electron chi connectivity index (χ4n) is 3.66. The first-order chi connectivity index (χ1) is 13.7. The molecule has 1 saturated carbocycles. The average molecular weight is 378 g/mol. The number of piperidine rings is 1. The zero-order chi connectivity index (χ0) is 19.3. The molecule has 1 aliphatic carbocycles. The Morgan fingerprint density at radius 1 is 0.964 bits per heavy atom. The van der Waals surface area contributed by atoms with Gasteiger partial charge in [0.25, 0.3) is 0 Å². The van der Waals surface area contributed by atoms with Gasteiger partial charge in [0.15, 0.2) is 5.78 Å². The summed E-state index contributed by atoms with van der Waals surface area (Å²) in [6.07, 6.45) is 4.01. The number of nitrogens with one attached hydrogen (secondary N) is 1. The highest BCUT2D eigenvalue weighted by molar-refractivity contribution is 5.98. The smallest absolute Gasteiger partial charge is 0.234 e. The van der Waals surface area contributed by atoms with Crippen LogP contribution in [0.4, 0.5) is 0 Å². The summed E-state index contributed by atoms with van der Waals surface area (Å²) in [5, 5.41) is 3.02. The summed E-state index contributed by atoms with van der Waals surface area (Å²) >= 11 is 0. The number of benzene rings is 2. The molecule has 0 bridgehead atoms. The number of carbonyl (C=O) groups is 2. The van der Waals surface area contributed by atoms with Crippen molar-refractivity contribution in [2.75, 3.05) is 19.6 Å². The Kier molecular flexibility index (Phi) is 5.72. The van der Waals surface area contributed by atoms with Crippen molar-refractivity contribution in [3.63, 3.8) is 0 Å². The fraction of sp³-hybridized carbons (Fsp3) is 0.391. The van der Waals surface area contributed by atoms with Crippen LogP contribution >= 0.6 is 0 Å². The Hall–Kier alpha value is -2.66. The van der Waals surface area contributed by atoms with Crippen LogP contribution in [0.1, 0.15) is 36.0 Å². The summed E-state index contributed by atoms with van der Waals surface area (Å²) in [7, 11) is 0. The number of hydrogen-bond acceptors (Lipinski definition) is 4. The first kappa shape index (κ1) is 18.7. The van der Waals surface area contributed by atoms with Crippen LogP contribution in [0.3, 0.4) is 0 Å². The van der Waals surface area contributed by atoms with Gasteiger partial charge in [-0.1, -0.05) is 18.2 Å². The number of amides is 1. The Morgan fingerprint density at radius 2 is 1.68 bits per heavy atom. The van der Waals surface area contributed by atoms with Crippen LogP contribution in [0.2, 0.25) is 0 Å². The van der Waals surface area contributed by atoms with Crippen molar-refractivity contribution < 1.29 is 14.3 Å². The molecule has 28 heavy (non-hydrogen) atoms. The van der Waals surface area contributed by atoms with Crippen LogP contribution in [-0.4, -0.2) is 42.3 Å². The SMILES string of the molecule is O=C(CN1CCC[C@H](C(=O)c2ccc(Oc3ccccc3)cc2)C1)NC1CC1. The van der Waals surface area contributed by atoms with Crippen molar-refractivity contribution in [2.24, 2.45) is 5.92 Å². The lowest BCUT2D eigenvalue weighted by Gasteiger charge is -2.31.